The van der Waals surface area contributed by atoms with Crippen molar-refractivity contribution < 1.29 is 13.2 Å². The van der Waals surface area contributed by atoms with E-state index in [9.17, 15) is 13.2 Å². The average Bonchev–Trinajstić information content (AvgIpc) is 2.17. The fourth-order valence-electron chi connectivity index (χ4n) is 0.978. The summed E-state index contributed by atoms with van der Waals surface area (Å²) in [7, 11) is 1.44. The minimum absolute atomic E-state index is 0.0135. The van der Waals surface area contributed by atoms with Crippen LogP contribution < -0.4 is 5.32 Å². The molecule has 0 aromatic heterocycles. The maximum absolute atomic E-state index is 11.4. The molecular formula is C9H10ClNO3S. The Labute approximate surface area is 92.7 Å². The summed E-state index contributed by atoms with van der Waals surface area (Å²) < 4.78 is 21.1. The van der Waals surface area contributed by atoms with E-state index in [1.54, 1.807) is 30.3 Å². The summed E-state index contributed by atoms with van der Waals surface area (Å²) in [6.07, 6.45) is 0. The molecule has 82 valence electrons. The molecule has 0 heterocycles. The summed E-state index contributed by atoms with van der Waals surface area (Å²) in [6.45, 7) is 0.0135. The quantitative estimate of drug-likeness (QED) is 0.807. The Balaban J connectivity index is 2.45. The number of carbonyl (C=O) groups excluding carboxylic acids is 1. The molecule has 1 amide bonds. The first-order chi connectivity index (χ1) is 6.99. The van der Waals surface area contributed by atoms with Gasteiger partial charge in [-0.3, -0.25) is 4.79 Å². The Morgan fingerprint density at radius 1 is 1.27 bits per heavy atom. The van der Waals surface area contributed by atoms with Crippen molar-refractivity contribution in [3.63, 3.8) is 0 Å². The second-order valence-electron chi connectivity index (χ2n) is 2.86. The standard InChI is InChI=1S/C9H10ClNO3S/c10-15(13,14)7-6-11-9(12)8-4-2-1-3-5-8/h1-5H,6-7H2,(H,11,12). The zero-order valence-electron chi connectivity index (χ0n) is 7.81. The zero-order chi connectivity index (χ0) is 11.3. The van der Waals surface area contributed by atoms with E-state index in [1.807, 2.05) is 0 Å². The Bertz CT molecular complexity index is 430. The second-order valence-corrected chi connectivity index (χ2v) is 5.76. The molecule has 0 atom stereocenters. The third-order valence-electron chi connectivity index (χ3n) is 1.67. The number of hydrogen-bond donors (Lipinski definition) is 1. The molecule has 0 spiro atoms. The van der Waals surface area contributed by atoms with Gasteiger partial charge in [0.25, 0.3) is 5.91 Å². The first-order valence-corrected chi connectivity index (χ1v) is 6.72. The van der Waals surface area contributed by atoms with Crippen molar-refractivity contribution in [2.45, 2.75) is 0 Å². The van der Waals surface area contributed by atoms with Gasteiger partial charge in [-0.05, 0) is 12.1 Å². The van der Waals surface area contributed by atoms with Crippen LogP contribution in [0.1, 0.15) is 10.4 Å². The van der Waals surface area contributed by atoms with Crippen LogP contribution >= 0.6 is 10.7 Å². The Morgan fingerprint density at radius 2 is 1.87 bits per heavy atom. The third kappa shape index (κ3) is 4.80. The lowest BCUT2D eigenvalue weighted by molar-refractivity contribution is 0.0956. The van der Waals surface area contributed by atoms with Crippen molar-refractivity contribution >= 4 is 25.6 Å². The number of rotatable bonds is 4. The molecule has 0 bridgehead atoms. The summed E-state index contributed by atoms with van der Waals surface area (Å²) >= 11 is 0. The molecule has 0 radical (unpaired) electrons. The van der Waals surface area contributed by atoms with Gasteiger partial charge in [0.15, 0.2) is 0 Å². The largest absolute Gasteiger partial charge is 0.351 e. The number of hydrogen-bond acceptors (Lipinski definition) is 3. The Kier molecular flexibility index (Phi) is 4.11. The van der Waals surface area contributed by atoms with Crippen LogP contribution in [-0.2, 0) is 9.05 Å². The SMILES string of the molecule is O=C(NCCS(=O)(=O)Cl)c1ccccc1. The van der Waals surface area contributed by atoms with Crippen molar-refractivity contribution in [2.24, 2.45) is 0 Å². The average molecular weight is 248 g/mol. The topological polar surface area (TPSA) is 63.2 Å². The monoisotopic (exact) mass is 247 g/mol. The number of benzene rings is 1. The molecule has 0 saturated carbocycles. The van der Waals surface area contributed by atoms with E-state index in [-0.39, 0.29) is 18.2 Å². The normalized spacial score (nSPS) is 11.0. The Hall–Kier alpha value is -1.07. The molecule has 0 aliphatic carbocycles. The van der Waals surface area contributed by atoms with Crippen LogP contribution in [0.15, 0.2) is 30.3 Å². The molecule has 1 aromatic carbocycles. The lowest BCUT2D eigenvalue weighted by Crippen LogP contribution is -2.27. The predicted octanol–water partition coefficient (Wildman–Crippen LogP) is 0.985. The van der Waals surface area contributed by atoms with E-state index in [4.69, 9.17) is 10.7 Å². The van der Waals surface area contributed by atoms with Gasteiger partial charge in [0, 0.05) is 22.8 Å². The highest BCUT2D eigenvalue weighted by atomic mass is 35.7. The van der Waals surface area contributed by atoms with Crippen LogP contribution in [0.4, 0.5) is 0 Å². The van der Waals surface area contributed by atoms with Crippen LogP contribution in [0.25, 0.3) is 0 Å². The minimum atomic E-state index is -3.54. The molecule has 1 rings (SSSR count). The van der Waals surface area contributed by atoms with Crippen molar-refractivity contribution in [1.29, 1.82) is 0 Å². The lowest BCUT2D eigenvalue weighted by atomic mass is 10.2. The van der Waals surface area contributed by atoms with Crippen LogP contribution in [0, 0.1) is 0 Å². The molecule has 1 aromatic rings. The molecule has 0 aliphatic rings. The van der Waals surface area contributed by atoms with Crippen molar-refractivity contribution in [3.8, 4) is 0 Å². The molecule has 4 nitrogen and oxygen atoms in total. The maximum atomic E-state index is 11.4. The predicted molar refractivity (Wildman–Crippen MR) is 58.4 cm³/mol. The van der Waals surface area contributed by atoms with Crippen LogP contribution in [-0.4, -0.2) is 26.6 Å². The summed E-state index contributed by atoms with van der Waals surface area (Å²) in [4.78, 5) is 11.4. The highest BCUT2D eigenvalue weighted by Gasteiger charge is 2.07. The molecule has 0 aliphatic heterocycles. The maximum Gasteiger partial charge on any atom is 0.251 e. The smallest absolute Gasteiger partial charge is 0.251 e. The number of nitrogens with one attached hydrogen (secondary N) is 1. The first kappa shape index (κ1) is 12.0. The van der Waals surface area contributed by atoms with E-state index >= 15 is 0 Å². The van der Waals surface area contributed by atoms with E-state index in [1.165, 1.54) is 0 Å². The van der Waals surface area contributed by atoms with Gasteiger partial charge in [-0.25, -0.2) is 8.42 Å². The van der Waals surface area contributed by atoms with E-state index in [0.717, 1.165) is 0 Å². The van der Waals surface area contributed by atoms with Crippen molar-refractivity contribution in [1.82, 2.24) is 5.32 Å². The van der Waals surface area contributed by atoms with Gasteiger partial charge in [0.05, 0.1) is 5.75 Å². The molecule has 15 heavy (non-hydrogen) atoms. The molecule has 0 fully saturated rings. The molecular weight excluding hydrogens is 238 g/mol. The summed E-state index contributed by atoms with van der Waals surface area (Å²) in [5, 5.41) is 2.45. The fourth-order valence-corrected chi connectivity index (χ4v) is 1.56. The van der Waals surface area contributed by atoms with Crippen LogP contribution in [0.2, 0.25) is 0 Å². The van der Waals surface area contributed by atoms with E-state index in [2.05, 4.69) is 5.32 Å². The van der Waals surface area contributed by atoms with Crippen LogP contribution in [0.5, 0.6) is 0 Å². The summed E-state index contributed by atoms with van der Waals surface area (Å²) in [6, 6.07) is 8.54. The molecule has 0 saturated heterocycles. The Morgan fingerprint density at radius 3 is 2.40 bits per heavy atom. The van der Waals surface area contributed by atoms with Crippen molar-refractivity contribution in [2.75, 3.05) is 12.3 Å². The van der Waals surface area contributed by atoms with Crippen LogP contribution in [0.3, 0.4) is 0 Å². The highest BCUT2D eigenvalue weighted by molar-refractivity contribution is 8.13. The molecule has 1 N–H and O–H groups in total. The van der Waals surface area contributed by atoms with Gasteiger partial charge in [-0.2, -0.15) is 0 Å². The number of amides is 1. The first-order valence-electron chi connectivity index (χ1n) is 4.24. The van der Waals surface area contributed by atoms with E-state index < -0.39 is 9.05 Å². The number of halogens is 1. The lowest BCUT2D eigenvalue weighted by Gasteiger charge is -2.02. The molecule has 6 heteroatoms. The van der Waals surface area contributed by atoms with Gasteiger partial charge in [-0.1, -0.05) is 18.2 Å². The summed E-state index contributed by atoms with van der Waals surface area (Å²) in [5.74, 6) is -0.580. The number of carbonyl (C=O) groups is 1. The van der Waals surface area contributed by atoms with Gasteiger partial charge in [-0.15, -0.1) is 0 Å². The van der Waals surface area contributed by atoms with Crippen molar-refractivity contribution in [3.05, 3.63) is 35.9 Å². The highest BCUT2D eigenvalue weighted by Crippen LogP contribution is 1.98. The van der Waals surface area contributed by atoms with Gasteiger partial charge >= 0.3 is 0 Å². The van der Waals surface area contributed by atoms with Gasteiger partial charge < -0.3 is 5.32 Å². The summed E-state index contributed by atoms with van der Waals surface area (Å²) in [5.41, 5.74) is 0.490. The minimum Gasteiger partial charge on any atom is -0.351 e. The fraction of sp³-hybridized carbons (Fsp3) is 0.222. The van der Waals surface area contributed by atoms with E-state index in [0.29, 0.717) is 5.56 Å². The third-order valence-corrected chi connectivity index (χ3v) is 2.82. The van der Waals surface area contributed by atoms with Gasteiger partial charge in [0.2, 0.25) is 9.05 Å². The zero-order valence-corrected chi connectivity index (χ0v) is 9.38. The van der Waals surface area contributed by atoms with Gasteiger partial charge in [0.1, 0.15) is 0 Å². The second kappa shape index (κ2) is 5.14. The molecule has 0 unspecified atom stereocenters.